The van der Waals surface area contributed by atoms with Crippen molar-refractivity contribution in [1.82, 2.24) is 10.6 Å². The van der Waals surface area contributed by atoms with E-state index in [0.29, 0.717) is 6.54 Å². The fraction of sp³-hybridized carbons (Fsp3) is 0.462. The van der Waals surface area contributed by atoms with E-state index in [0.717, 1.165) is 18.5 Å². The van der Waals surface area contributed by atoms with Gasteiger partial charge >= 0.3 is 0 Å². The Hall–Kier alpha value is -1.39. The van der Waals surface area contributed by atoms with Crippen LogP contribution in [0.5, 0.6) is 5.75 Å². The van der Waals surface area contributed by atoms with E-state index in [1.807, 2.05) is 19.2 Å². The number of aromatic hydroxyl groups is 1. The number of likely N-dealkylation sites (N-methyl/N-ethyl adjacent to an activating group) is 1. The average molecular weight is 236 g/mol. The van der Waals surface area contributed by atoms with E-state index < -0.39 is 0 Å². The molecule has 4 heteroatoms. The maximum Gasteiger partial charge on any atom is 0.143 e. The normalized spacial score (nSPS) is 12.4. The van der Waals surface area contributed by atoms with Gasteiger partial charge in [-0.25, -0.2) is 0 Å². The smallest absolute Gasteiger partial charge is 0.143 e. The molecule has 0 spiro atoms. The van der Waals surface area contributed by atoms with E-state index in [4.69, 9.17) is 0 Å². The number of phenols is 1. The minimum Gasteiger partial charge on any atom is -0.508 e. The first-order valence-electron chi connectivity index (χ1n) is 5.77. The number of rotatable bonds is 7. The highest BCUT2D eigenvalue weighted by Gasteiger charge is 2.07. The Kier molecular flexibility index (Phi) is 5.66. The molecule has 0 aliphatic carbocycles. The molecule has 1 aromatic carbocycles. The summed E-state index contributed by atoms with van der Waals surface area (Å²) in [6, 6.07) is 7.46. The summed E-state index contributed by atoms with van der Waals surface area (Å²) in [5.74, 6) is 0.425. The first-order valence-corrected chi connectivity index (χ1v) is 5.77. The van der Waals surface area contributed by atoms with Crippen LogP contribution in [-0.2, 0) is 11.2 Å². The molecule has 0 aliphatic rings. The first kappa shape index (κ1) is 13.7. The maximum absolute atomic E-state index is 10.8. The van der Waals surface area contributed by atoms with E-state index in [9.17, 15) is 9.90 Å². The molecule has 0 saturated carbocycles. The van der Waals surface area contributed by atoms with E-state index in [1.165, 1.54) is 0 Å². The lowest BCUT2D eigenvalue weighted by molar-refractivity contribution is -0.116. The lowest BCUT2D eigenvalue weighted by Gasteiger charge is -2.16. The number of phenolic OH excluding ortho intramolecular Hbond substituents is 1. The zero-order valence-electron chi connectivity index (χ0n) is 10.4. The lowest BCUT2D eigenvalue weighted by atomic mass is 10.1. The van der Waals surface area contributed by atoms with Crippen molar-refractivity contribution in [1.29, 1.82) is 0 Å². The number of hydrogen-bond acceptors (Lipinski definition) is 4. The molecule has 0 aliphatic heterocycles. The van der Waals surface area contributed by atoms with Gasteiger partial charge in [-0.1, -0.05) is 12.1 Å². The number of nitrogens with one attached hydrogen (secondary N) is 2. The zero-order chi connectivity index (χ0) is 12.7. The van der Waals surface area contributed by atoms with Crippen molar-refractivity contribution < 1.29 is 9.90 Å². The van der Waals surface area contributed by atoms with Crippen molar-refractivity contribution >= 4 is 5.78 Å². The largest absolute Gasteiger partial charge is 0.508 e. The van der Waals surface area contributed by atoms with Gasteiger partial charge < -0.3 is 15.7 Å². The van der Waals surface area contributed by atoms with Crippen LogP contribution in [0.1, 0.15) is 12.5 Å². The molecule has 1 atom stereocenters. The van der Waals surface area contributed by atoms with Gasteiger partial charge in [0.25, 0.3) is 0 Å². The summed E-state index contributed by atoms with van der Waals surface area (Å²) < 4.78 is 0. The van der Waals surface area contributed by atoms with E-state index in [1.54, 1.807) is 19.1 Å². The summed E-state index contributed by atoms with van der Waals surface area (Å²) in [5, 5.41) is 15.5. The third-order valence-corrected chi connectivity index (χ3v) is 2.59. The number of carbonyl (C=O) groups is 1. The van der Waals surface area contributed by atoms with Crippen molar-refractivity contribution in [2.24, 2.45) is 0 Å². The van der Waals surface area contributed by atoms with Crippen LogP contribution in [0.3, 0.4) is 0 Å². The van der Waals surface area contributed by atoms with Crippen LogP contribution in [-0.4, -0.2) is 37.1 Å². The molecule has 1 aromatic rings. The molecule has 0 bridgehead atoms. The van der Waals surface area contributed by atoms with E-state index in [-0.39, 0.29) is 17.6 Å². The van der Waals surface area contributed by atoms with Crippen LogP contribution in [0.25, 0.3) is 0 Å². The lowest BCUT2D eigenvalue weighted by Crippen LogP contribution is -2.39. The van der Waals surface area contributed by atoms with Gasteiger partial charge in [-0.2, -0.15) is 0 Å². The van der Waals surface area contributed by atoms with Crippen LogP contribution in [0, 0.1) is 0 Å². The highest BCUT2D eigenvalue weighted by atomic mass is 16.3. The van der Waals surface area contributed by atoms with Gasteiger partial charge in [0.2, 0.25) is 0 Å². The second kappa shape index (κ2) is 7.04. The van der Waals surface area contributed by atoms with Crippen LogP contribution >= 0.6 is 0 Å². The third kappa shape index (κ3) is 5.47. The number of Topliss-reactive ketones (excluding diaryl/α,β-unsaturated/α-hetero) is 1. The number of ketones is 1. The quantitative estimate of drug-likeness (QED) is 0.652. The average Bonchev–Trinajstić information content (AvgIpc) is 2.30. The van der Waals surface area contributed by atoms with Crippen molar-refractivity contribution in [2.45, 2.75) is 19.4 Å². The summed E-state index contributed by atoms with van der Waals surface area (Å²) in [7, 11) is 1.90. The van der Waals surface area contributed by atoms with Crippen molar-refractivity contribution in [3.8, 4) is 5.75 Å². The summed E-state index contributed by atoms with van der Waals surface area (Å²) in [5.41, 5.74) is 1.16. The summed E-state index contributed by atoms with van der Waals surface area (Å²) >= 11 is 0. The van der Waals surface area contributed by atoms with Crippen molar-refractivity contribution in [2.75, 3.05) is 20.1 Å². The Morgan fingerprint density at radius 3 is 2.53 bits per heavy atom. The van der Waals surface area contributed by atoms with E-state index in [2.05, 4.69) is 10.6 Å². The Balaban J connectivity index is 2.40. The zero-order valence-corrected chi connectivity index (χ0v) is 10.4. The maximum atomic E-state index is 10.8. The van der Waals surface area contributed by atoms with E-state index >= 15 is 0 Å². The van der Waals surface area contributed by atoms with Gasteiger partial charge in [0.05, 0.1) is 6.54 Å². The highest BCUT2D eigenvalue weighted by Crippen LogP contribution is 2.10. The monoisotopic (exact) mass is 236 g/mol. The highest BCUT2D eigenvalue weighted by molar-refractivity contribution is 5.77. The van der Waals surface area contributed by atoms with Crippen LogP contribution in [0.4, 0.5) is 0 Å². The molecule has 1 unspecified atom stereocenters. The molecule has 3 N–H and O–H groups in total. The fourth-order valence-electron chi connectivity index (χ4n) is 1.62. The molecular weight excluding hydrogens is 216 g/mol. The van der Waals surface area contributed by atoms with Crippen LogP contribution < -0.4 is 10.6 Å². The summed E-state index contributed by atoms with van der Waals surface area (Å²) in [6.45, 7) is 2.73. The molecule has 0 aromatic heterocycles. The topological polar surface area (TPSA) is 61.4 Å². The van der Waals surface area contributed by atoms with Gasteiger partial charge in [0.1, 0.15) is 11.5 Å². The Morgan fingerprint density at radius 1 is 1.35 bits per heavy atom. The third-order valence-electron chi connectivity index (χ3n) is 2.59. The summed E-state index contributed by atoms with van der Waals surface area (Å²) in [4.78, 5) is 10.8. The molecule has 0 saturated heterocycles. The number of hydrogen-bond donors (Lipinski definition) is 3. The molecule has 1 rings (SSSR count). The minimum absolute atomic E-state index is 0.143. The first-order chi connectivity index (χ1) is 8.11. The number of benzene rings is 1. The molecule has 0 heterocycles. The molecule has 0 fully saturated rings. The van der Waals surface area contributed by atoms with Gasteiger partial charge in [-0.15, -0.1) is 0 Å². The molecule has 0 radical (unpaired) electrons. The minimum atomic E-state index is 0.143. The predicted molar refractivity (Wildman–Crippen MR) is 68.2 cm³/mol. The van der Waals surface area contributed by atoms with Crippen molar-refractivity contribution in [3.63, 3.8) is 0 Å². The second-order valence-electron chi connectivity index (χ2n) is 4.19. The number of carbonyl (C=O) groups excluding carboxylic acids is 1. The SMILES string of the molecule is CNC(CNCC(C)=O)Cc1ccc(O)cc1. The molecule has 17 heavy (non-hydrogen) atoms. The van der Waals surface area contributed by atoms with Crippen molar-refractivity contribution in [3.05, 3.63) is 29.8 Å². The molecular formula is C13H20N2O2. The Morgan fingerprint density at radius 2 is 2.00 bits per heavy atom. The molecule has 4 nitrogen and oxygen atoms in total. The van der Waals surface area contributed by atoms with Crippen LogP contribution in [0.15, 0.2) is 24.3 Å². The van der Waals surface area contributed by atoms with Gasteiger partial charge in [-0.3, -0.25) is 4.79 Å². The standard InChI is InChI=1S/C13H20N2O2/c1-10(16)8-15-9-12(14-2)7-11-3-5-13(17)6-4-11/h3-6,12,14-15,17H,7-9H2,1-2H3. The molecule has 0 amide bonds. The second-order valence-corrected chi connectivity index (χ2v) is 4.19. The Labute approximate surface area is 102 Å². The molecule has 94 valence electrons. The summed E-state index contributed by atoms with van der Waals surface area (Å²) in [6.07, 6.45) is 0.863. The van der Waals surface area contributed by atoms with Crippen LogP contribution in [0.2, 0.25) is 0 Å². The van der Waals surface area contributed by atoms with Gasteiger partial charge in [0.15, 0.2) is 0 Å². The Bertz CT molecular complexity index is 349. The van der Waals surface area contributed by atoms with Gasteiger partial charge in [0, 0.05) is 12.6 Å². The predicted octanol–water partition coefficient (Wildman–Crippen LogP) is 0.701. The fourth-order valence-corrected chi connectivity index (χ4v) is 1.62. The van der Waals surface area contributed by atoms with Gasteiger partial charge in [-0.05, 0) is 38.1 Å².